The Balaban J connectivity index is 0.983. The topological polar surface area (TPSA) is 12.0 Å². The van der Waals surface area contributed by atoms with Crippen molar-refractivity contribution in [3.63, 3.8) is 0 Å². The molecule has 1 N–H and O–H groups in total. The molecule has 0 aromatic heterocycles. The smallest absolute Gasteiger partial charge is 0.0401 e. The zero-order chi connectivity index (χ0) is 32.8. The van der Waals surface area contributed by atoms with Gasteiger partial charge >= 0.3 is 0 Å². The maximum atomic E-state index is 3.60. The zero-order valence-electron chi connectivity index (χ0n) is 27.4. The van der Waals surface area contributed by atoms with E-state index in [0.717, 1.165) is 6.54 Å². The van der Waals surface area contributed by atoms with Gasteiger partial charge in [0.2, 0.25) is 0 Å². The third kappa shape index (κ3) is 4.07. The van der Waals surface area contributed by atoms with E-state index in [0.29, 0.717) is 0 Å². The van der Waals surface area contributed by atoms with Gasteiger partial charge in [-0.25, -0.2) is 0 Å². The molecule has 1 heteroatoms. The Kier molecular flexibility index (Phi) is 5.79. The molecule has 232 valence electrons. The van der Waals surface area contributed by atoms with Crippen LogP contribution in [0, 0.1) is 0 Å². The molecule has 1 aliphatic heterocycles. The molecule has 0 amide bonds. The number of hydrogen-bond acceptors (Lipinski definition) is 1. The first-order chi connectivity index (χ1) is 24.8. The summed E-state index contributed by atoms with van der Waals surface area (Å²) in [7, 11) is 0. The highest BCUT2D eigenvalue weighted by atomic mass is 14.8. The van der Waals surface area contributed by atoms with Gasteiger partial charge in [-0.15, -0.1) is 0 Å². The Bertz CT molecular complexity index is 3000. The fourth-order valence-corrected chi connectivity index (χ4v) is 8.63. The van der Waals surface area contributed by atoms with E-state index in [-0.39, 0.29) is 0 Å². The van der Waals surface area contributed by atoms with Crippen LogP contribution in [0.25, 0.3) is 98.0 Å². The minimum Gasteiger partial charge on any atom is -0.386 e. The summed E-state index contributed by atoms with van der Waals surface area (Å²) < 4.78 is 0. The summed E-state index contributed by atoms with van der Waals surface area (Å²) in [4.78, 5) is 0. The lowest BCUT2D eigenvalue weighted by Crippen LogP contribution is -2.14. The highest BCUT2D eigenvalue weighted by Crippen LogP contribution is 2.42. The lowest BCUT2D eigenvalue weighted by Gasteiger charge is -2.19. The van der Waals surface area contributed by atoms with Crippen molar-refractivity contribution in [2.24, 2.45) is 0 Å². The standard InChI is InChI=1S/C49H31N/c1-5-30-13-15-34-17-21-42(44-23-19-32(7-1)46(30)48(34)44)38-11-3-9-36(25-38)40-27-41(29-50-28-40)37-10-4-12-39(26-37)43-22-18-35-16-14-31-6-2-8-33-20-24-45(43)49(35)47(31)33/h1-28,50H,29H2. The minimum atomic E-state index is 0.792. The van der Waals surface area contributed by atoms with E-state index < -0.39 is 0 Å². The summed E-state index contributed by atoms with van der Waals surface area (Å²) in [6.07, 6.45) is 4.53. The molecule has 0 atom stereocenters. The van der Waals surface area contributed by atoms with Crippen LogP contribution in [0.3, 0.4) is 0 Å². The van der Waals surface area contributed by atoms with Crippen LogP contribution in [0.2, 0.25) is 0 Å². The molecule has 10 aromatic rings. The first-order valence-electron chi connectivity index (χ1n) is 17.5. The third-order valence-electron chi connectivity index (χ3n) is 11.0. The zero-order valence-corrected chi connectivity index (χ0v) is 27.4. The molecule has 0 aliphatic carbocycles. The second-order valence-corrected chi connectivity index (χ2v) is 13.8. The number of allylic oxidation sites excluding steroid dienone is 2. The van der Waals surface area contributed by atoms with Gasteiger partial charge in [0.15, 0.2) is 0 Å². The molecule has 1 aliphatic rings. The van der Waals surface area contributed by atoms with E-state index in [4.69, 9.17) is 0 Å². The predicted molar refractivity (Wildman–Crippen MR) is 215 cm³/mol. The Labute approximate surface area is 290 Å². The van der Waals surface area contributed by atoms with Gasteiger partial charge in [-0.3, -0.25) is 0 Å². The van der Waals surface area contributed by atoms with Crippen LogP contribution in [-0.2, 0) is 0 Å². The van der Waals surface area contributed by atoms with Gasteiger partial charge in [-0.2, -0.15) is 0 Å². The van der Waals surface area contributed by atoms with Crippen molar-refractivity contribution < 1.29 is 0 Å². The Morgan fingerprint density at radius 3 is 1.34 bits per heavy atom. The molecule has 1 nitrogen and oxygen atoms in total. The van der Waals surface area contributed by atoms with Gasteiger partial charge in [0.05, 0.1) is 0 Å². The third-order valence-corrected chi connectivity index (χ3v) is 11.0. The van der Waals surface area contributed by atoms with Crippen LogP contribution in [0.4, 0.5) is 0 Å². The quantitative estimate of drug-likeness (QED) is 0.190. The van der Waals surface area contributed by atoms with E-state index in [9.17, 15) is 0 Å². The van der Waals surface area contributed by atoms with E-state index in [2.05, 4.69) is 175 Å². The average molecular weight is 634 g/mol. The molecule has 11 rings (SSSR count). The molecule has 0 radical (unpaired) electrons. The number of dihydropyridines is 1. The van der Waals surface area contributed by atoms with Crippen molar-refractivity contribution in [2.45, 2.75) is 0 Å². The maximum Gasteiger partial charge on any atom is 0.0401 e. The van der Waals surface area contributed by atoms with E-state index in [1.54, 1.807) is 0 Å². The molecular weight excluding hydrogens is 603 g/mol. The molecule has 0 fully saturated rings. The molecule has 0 saturated heterocycles. The van der Waals surface area contributed by atoms with E-state index >= 15 is 0 Å². The molecule has 0 spiro atoms. The van der Waals surface area contributed by atoms with Crippen LogP contribution in [-0.4, -0.2) is 6.54 Å². The summed E-state index contributed by atoms with van der Waals surface area (Å²) in [5.41, 5.74) is 9.96. The molecule has 1 heterocycles. The first kappa shape index (κ1) is 27.5. The van der Waals surface area contributed by atoms with E-state index in [1.807, 2.05) is 0 Å². The van der Waals surface area contributed by atoms with Gasteiger partial charge < -0.3 is 5.32 Å². The van der Waals surface area contributed by atoms with Gasteiger partial charge in [0.1, 0.15) is 0 Å². The summed E-state index contributed by atoms with van der Waals surface area (Å²) in [5, 5.41) is 19.4. The van der Waals surface area contributed by atoms with Crippen molar-refractivity contribution in [3.05, 3.63) is 181 Å². The molecule has 50 heavy (non-hydrogen) atoms. The monoisotopic (exact) mass is 633 g/mol. The molecule has 0 saturated carbocycles. The van der Waals surface area contributed by atoms with Crippen molar-refractivity contribution >= 4 is 75.8 Å². The predicted octanol–water partition coefficient (Wildman–Crippen LogP) is 12.8. The van der Waals surface area contributed by atoms with Gasteiger partial charge in [0.25, 0.3) is 0 Å². The number of hydrogen-bond donors (Lipinski definition) is 1. The second kappa shape index (κ2) is 10.5. The van der Waals surface area contributed by atoms with Crippen LogP contribution < -0.4 is 5.32 Å². The van der Waals surface area contributed by atoms with Crippen LogP contribution in [0.15, 0.2) is 170 Å². The summed E-state index contributed by atoms with van der Waals surface area (Å²) in [6.45, 7) is 0.792. The Morgan fingerprint density at radius 1 is 0.360 bits per heavy atom. The van der Waals surface area contributed by atoms with Gasteiger partial charge in [-0.05, 0) is 127 Å². The average Bonchev–Trinajstić information content (AvgIpc) is 3.19. The molecule has 10 aromatic carbocycles. The molecule has 0 unspecified atom stereocenters. The Hall–Kier alpha value is -6.44. The Morgan fingerprint density at radius 2 is 0.780 bits per heavy atom. The number of nitrogens with one attached hydrogen (secondary N) is 1. The largest absolute Gasteiger partial charge is 0.386 e. The number of rotatable bonds is 4. The fraction of sp³-hybridized carbons (Fsp3) is 0.0204. The molecule has 0 bridgehead atoms. The molecular formula is C49H31N. The van der Waals surface area contributed by atoms with Crippen molar-refractivity contribution in [3.8, 4) is 22.3 Å². The summed E-state index contributed by atoms with van der Waals surface area (Å²) >= 11 is 0. The maximum absolute atomic E-state index is 3.60. The highest BCUT2D eigenvalue weighted by Gasteiger charge is 2.16. The number of benzene rings is 10. The normalized spacial score (nSPS) is 13.5. The van der Waals surface area contributed by atoms with Crippen LogP contribution >= 0.6 is 0 Å². The fourth-order valence-electron chi connectivity index (χ4n) is 8.63. The SMILES string of the molecule is C1=C(c2cccc(-c3ccc4ccc5cccc6ccc3c4c56)c2)C=C(c2cccc(-c3ccc4ccc5cccc6ccc3c4c56)c2)CN1. The van der Waals surface area contributed by atoms with Gasteiger partial charge in [-0.1, -0.05) is 146 Å². The minimum absolute atomic E-state index is 0.792. The van der Waals surface area contributed by atoms with Crippen LogP contribution in [0.5, 0.6) is 0 Å². The first-order valence-corrected chi connectivity index (χ1v) is 17.5. The summed E-state index contributed by atoms with van der Waals surface area (Å²) in [6, 6.07) is 58.6. The van der Waals surface area contributed by atoms with Crippen molar-refractivity contribution in [1.29, 1.82) is 0 Å². The lowest BCUT2D eigenvalue weighted by molar-refractivity contribution is 0.990. The van der Waals surface area contributed by atoms with Crippen molar-refractivity contribution in [1.82, 2.24) is 5.32 Å². The lowest BCUT2D eigenvalue weighted by atomic mass is 9.88. The van der Waals surface area contributed by atoms with Gasteiger partial charge in [0, 0.05) is 12.7 Å². The second-order valence-electron chi connectivity index (χ2n) is 13.8. The van der Waals surface area contributed by atoms with E-state index in [1.165, 1.54) is 109 Å². The van der Waals surface area contributed by atoms with Crippen molar-refractivity contribution in [2.75, 3.05) is 6.54 Å². The van der Waals surface area contributed by atoms with Crippen LogP contribution in [0.1, 0.15) is 11.1 Å². The summed E-state index contributed by atoms with van der Waals surface area (Å²) in [5.74, 6) is 0. The highest BCUT2D eigenvalue weighted by molar-refractivity contribution is 6.26.